The molecule has 0 radical (unpaired) electrons. The van der Waals surface area contributed by atoms with Crippen molar-refractivity contribution in [1.82, 2.24) is 0 Å². The van der Waals surface area contributed by atoms with Gasteiger partial charge >= 0.3 is 0 Å². The number of hydrogen-bond acceptors (Lipinski definition) is 0. The first kappa shape index (κ1) is 14.5. The van der Waals surface area contributed by atoms with Crippen LogP contribution in [0.3, 0.4) is 0 Å². The largest absolute Gasteiger partial charge is 0.119 e. The molecule has 1 atom stereocenters. The summed E-state index contributed by atoms with van der Waals surface area (Å²) in [5.41, 5.74) is 1.11. The van der Waals surface area contributed by atoms with Crippen LogP contribution in [0.25, 0.3) is 0 Å². The second-order valence-corrected chi connectivity index (χ2v) is 7.14. The molecule has 1 aliphatic rings. The van der Waals surface area contributed by atoms with E-state index in [1.807, 2.05) is 0 Å². The molecule has 0 bridgehead atoms. The van der Waals surface area contributed by atoms with Gasteiger partial charge in [0.2, 0.25) is 0 Å². The molecule has 0 aromatic rings. The summed E-state index contributed by atoms with van der Waals surface area (Å²) in [6, 6.07) is 0. The molecule has 0 aromatic carbocycles. The third-order valence-corrected chi connectivity index (χ3v) is 5.62. The average Bonchev–Trinajstić information content (AvgIpc) is 2.32. The van der Waals surface area contributed by atoms with E-state index in [2.05, 4.69) is 6.92 Å². The highest BCUT2D eigenvalue weighted by atomic mass is 31.1. The SMILES string of the molecule is CCCCCPC1CCCCCCCCC1. The highest BCUT2D eigenvalue weighted by Crippen LogP contribution is 2.31. The Morgan fingerprint density at radius 3 is 1.94 bits per heavy atom. The molecule has 1 rings (SSSR count). The Kier molecular flexibility index (Phi) is 9.58. The second-order valence-electron chi connectivity index (χ2n) is 5.41. The first-order chi connectivity index (χ1) is 7.93. The Bertz CT molecular complexity index is 134. The van der Waals surface area contributed by atoms with Gasteiger partial charge in [-0.25, -0.2) is 0 Å². The van der Waals surface area contributed by atoms with Gasteiger partial charge in [-0.2, -0.15) is 0 Å². The summed E-state index contributed by atoms with van der Waals surface area (Å²) < 4.78 is 0. The standard InChI is InChI=1S/C15H31P/c1-2-3-11-14-16-15-12-9-7-5-4-6-8-10-13-15/h15-16H,2-14H2,1H3. The summed E-state index contributed by atoms with van der Waals surface area (Å²) in [6.07, 6.45) is 19.5. The van der Waals surface area contributed by atoms with Crippen LogP contribution in [0.5, 0.6) is 0 Å². The zero-order chi connectivity index (χ0) is 11.5. The van der Waals surface area contributed by atoms with Gasteiger partial charge in [-0.3, -0.25) is 0 Å². The Morgan fingerprint density at radius 2 is 1.38 bits per heavy atom. The normalized spacial score (nSPS) is 21.6. The van der Waals surface area contributed by atoms with Crippen molar-refractivity contribution in [3.05, 3.63) is 0 Å². The first-order valence-corrected chi connectivity index (χ1v) is 8.95. The van der Waals surface area contributed by atoms with Gasteiger partial charge in [-0.05, 0) is 31.1 Å². The summed E-state index contributed by atoms with van der Waals surface area (Å²) >= 11 is 0. The molecule has 96 valence electrons. The minimum Gasteiger partial charge on any atom is -0.119 e. The van der Waals surface area contributed by atoms with Gasteiger partial charge in [0.05, 0.1) is 0 Å². The zero-order valence-electron chi connectivity index (χ0n) is 11.3. The van der Waals surface area contributed by atoms with E-state index in [9.17, 15) is 0 Å². The average molecular weight is 242 g/mol. The third-order valence-electron chi connectivity index (χ3n) is 3.82. The summed E-state index contributed by atoms with van der Waals surface area (Å²) in [7, 11) is 1.28. The third kappa shape index (κ3) is 7.66. The van der Waals surface area contributed by atoms with E-state index in [1.165, 1.54) is 79.0 Å². The minimum absolute atomic E-state index is 1.11. The quantitative estimate of drug-likeness (QED) is 0.425. The topological polar surface area (TPSA) is 0 Å². The van der Waals surface area contributed by atoms with Gasteiger partial charge in [0, 0.05) is 0 Å². The van der Waals surface area contributed by atoms with Crippen molar-refractivity contribution in [2.75, 3.05) is 6.16 Å². The molecule has 0 aliphatic heterocycles. The van der Waals surface area contributed by atoms with E-state index >= 15 is 0 Å². The summed E-state index contributed by atoms with van der Waals surface area (Å²) in [5, 5.41) is 0. The van der Waals surface area contributed by atoms with Crippen molar-refractivity contribution < 1.29 is 0 Å². The number of hydrogen-bond donors (Lipinski definition) is 0. The van der Waals surface area contributed by atoms with E-state index in [0.717, 1.165) is 5.66 Å². The van der Waals surface area contributed by atoms with Gasteiger partial charge in [0.25, 0.3) is 0 Å². The summed E-state index contributed by atoms with van der Waals surface area (Å²) in [6.45, 7) is 2.31. The highest BCUT2D eigenvalue weighted by molar-refractivity contribution is 7.38. The monoisotopic (exact) mass is 242 g/mol. The van der Waals surface area contributed by atoms with Crippen molar-refractivity contribution in [3.8, 4) is 0 Å². The van der Waals surface area contributed by atoms with Crippen LogP contribution in [0.2, 0.25) is 0 Å². The molecule has 0 N–H and O–H groups in total. The predicted molar refractivity (Wildman–Crippen MR) is 78.0 cm³/mol. The molecule has 0 saturated heterocycles. The molecule has 0 nitrogen and oxygen atoms in total. The Labute approximate surface area is 105 Å². The predicted octanol–water partition coefficient (Wildman–Crippen LogP) is 5.75. The zero-order valence-corrected chi connectivity index (χ0v) is 12.3. The van der Waals surface area contributed by atoms with Crippen molar-refractivity contribution in [1.29, 1.82) is 0 Å². The van der Waals surface area contributed by atoms with Crippen LogP contribution in [-0.4, -0.2) is 11.8 Å². The Hall–Kier alpha value is 0.430. The fraction of sp³-hybridized carbons (Fsp3) is 1.00. The fourth-order valence-corrected chi connectivity index (χ4v) is 4.37. The van der Waals surface area contributed by atoms with Gasteiger partial charge in [0.1, 0.15) is 0 Å². The van der Waals surface area contributed by atoms with Crippen LogP contribution in [-0.2, 0) is 0 Å². The lowest BCUT2D eigenvalue weighted by Crippen LogP contribution is -2.03. The molecule has 16 heavy (non-hydrogen) atoms. The highest BCUT2D eigenvalue weighted by Gasteiger charge is 2.09. The lowest BCUT2D eigenvalue weighted by atomic mass is 10.0. The van der Waals surface area contributed by atoms with E-state index in [-0.39, 0.29) is 0 Å². The molecule has 0 aromatic heterocycles. The lowest BCUT2D eigenvalue weighted by molar-refractivity contribution is 0.509. The summed E-state index contributed by atoms with van der Waals surface area (Å²) in [5.74, 6) is 0. The first-order valence-electron chi connectivity index (χ1n) is 7.67. The maximum Gasteiger partial charge on any atom is -0.0237 e. The van der Waals surface area contributed by atoms with Crippen molar-refractivity contribution in [2.24, 2.45) is 0 Å². The van der Waals surface area contributed by atoms with Gasteiger partial charge in [-0.15, -0.1) is 8.58 Å². The smallest absolute Gasteiger partial charge is 0.0237 e. The minimum atomic E-state index is 1.11. The van der Waals surface area contributed by atoms with Crippen molar-refractivity contribution in [3.63, 3.8) is 0 Å². The molecule has 0 heterocycles. The van der Waals surface area contributed by atoms with Gasteiger partial charge in [0.15, 0.2) is 0 Å². The van der Waals surface area contributed by atoms with Crippen LogP contribution in [0, 0.1) is 0 Å². The van der Waals surface area contributed by atoms with Crippen LogP contribution in [0.15, 0.2) is 0 Å². The number of unbranched alkanes of at least 4 members (excludes halogenated alkanes) is 2. The molecular weight excluding hydrogens is 211 g/mol. The second kappa shape index (κ2) is 10.6. The van der Waals surface area contributed by atoms with E-state index in [1.54, 1.807) is 12.8 Å². The maximum absolute atomic E-state index is 2.31. The Balaban J connectivity index is 2.09. The van der Waals surface area contributed by atoms with Crippen molar-refractivity contribution >= 4 is 8.58 Å². The lowest BCUT2D eigenvalue weighted by Gasteiger charge is -2.18. The van der Waals surface area contributed by atoms with Gasteiger partial charge in [-0.1, -0.05) is 64.7 Å². The Morgan fingerprint density at radius 1 is 0.812 bits per heavy atom. The van der Waals surface area contributed by atoms with E-state index in [4.69, 9.17) is 0 Å². The number of rotatable bonds is 5. The molecule has 0 spiro atoms. The van der Waals surface area contributed by atoms with E-state index in [0.29, 0.717) is 0 Å². The molecule has 1 fully saturated rings. The maximum atomic E-state index is 2.31. The van der Waals surface area contributed by atoms with Crippen molar-refractivity contribution in [2.45, 2.75) is 89.6 Å². The van der Waals surface area contributed by atoms with Crippen LogP contribution in [0.4, 0.5) is 0 Å². The summed E-state index contributed by atoms with van der Waals surface area (Å²) in [4.78, 5) is 0. The molecule has 0 amide bonds. The van der Waals surface area contributed by atoms with Gasteiger partial charge < -0.3 is 0 Å². The molecule has 1 aliphatic carbocycles. The molecule has 1 unspecified atom stereocenters. The molecular formula is C15H31P. The molecule has 1 heteroatoms. The van der Waals surface area contributed by atoms with Crippen LogP contribution >= 0.6 is 8.58 Å². The van der Waals surface area contributed by atoms with Crippen LogP contribution in [0.1, 0.15) is 84.0 Å². The van der Waals surface area contributed by atoms with Crippen LogP contribution < -0.4 is 0 Å². The molecule has 1 saturated carbocycles. The fourth-order valence-electron chi connectivity index (χ4n) is 2.70. The van der Waals surface area contributed by atoms with E-state index < -0.39 is 0 Å².